The first kappa shape index (κ1) is 10.1. The molecule has 0 bridgehead atoms. The van der Waals surface area contributed by atoms with Crippen LogP contribution in [0.3, 0.4) is 0 Å². The largest absolute Gasteiger partial charge is 0.311 e. The summed E-state index contributed by atoms with van der Waals surface area (Å²) in [7, 11) is -0.979. The van der Waals surface area contributed by atoms with E-state index in [0.717, 1.165) is 30.3 Å². The van der Waals surface area contributed by atoms with Gasteiger partial charge in [-0.3, -0.25) is 4.72 Å². The summed E-state index contributed by atoms with van der Waals surface area (Å²) < 4.78 is 14.1. The lowest BCUT2D eigenvalue weighted by Gasteiger charge is -2.09. The average Bonchev–Trinajstić information content (AvgIpc) is 2.59. The summed E-state index contributed by atoms with van der Waals surface area (Å²) in [5.41, 5.74) is 1.16. The summed E-state index contributed by atoms with van der Waals surface area (Å²) >= 11 is 1.60. The summed E-state index contributed by atoms with van der Waals surface area (Å²) in [4.78, 5) is 5.68. The lowest BCUT2D eigenvalue weighted by Crippen LogP contribution is -2.22. The molecule has 4 nitrogen and oxygen atoms in total. The molecule has 78 valence electrons. The number of hydrogen-bond acceptors (Lipinski definition) is 4. The van der Waals surface area contributed by atoms with Gasteiger partial charge in [0.05, 0.1) is 5.69 Å². The third-order valence-electron chi connectivity index (χ3n) is 2.07. The summed E-state index contributed by atoms with van der Waals surface area (Å²) in [5.74, 6) is 0.614. The van der Waals surface area contributed by atoms with Crippen molar-refractivity contribution in [3.05, 3.63) is 10.6 Å². The normalized spacial score (nSPS) is 17.5. The van der Waals surface area contributed by atoms with E-state index in [9.17, 15) is 4.21 Å². The van der Waals surface area contributed by atoms with Gasteiger partial charge < -0.3 is 5.32 Å². The van der Waals surface area contributed by atoms with Crippen molar-refractivity contribution in [3.8, 4) is 0 Å². The van der Waals surface area contributed by atoms with E-state index < -0.39 is 11.0 Å². The van der Waals surface area contributed by atoms with Gasteiger partial charge in [-0.25, -0.2) is 9.19 Å². The second-order valence-corrected chi connectivity index (χ2v) is 5.61. The fraction of sp³-hybridized carbons (Fsp3) is 0.625. The second kappa shape index (κ2) is 4.37. The Morgan fingerprint density at radius 2 is 2.57 bits per heavy atom. The van der Waals surface area contributed by atoms with Gasteiger partial charge in [-0.2, -0.15) is 0 Å². The van der Waals surface area contributed by atoms with Crippen molar-refractivity contribution in [2.24, 2.45) is 0 Å². The van der Waals surface area contributed by atoms with E-state index in [2.05, 4.69) is 15.0 Å². The zero-order valence-corrected chi connectivity index (χ0v) is 9.63. The predicted octanol–water partition coefficient (Wildman–Crippen LogP) is 0.884. The van der Waals surface area contributed by atoms with Gasteiger partial charge in [-0.05, 0) is 0 Å². The summed E-state index contributed by atoms with van der Waals surface area (Å²) in [5, 5.41) is 4.08. The third kappa shape index (κ3) is 2.13. The lowest BCUT2D eigenvalue weighted by atomic mass is 10.2. The Kier molecular flexibility index (Phi) is 3.15. The smallest absolute Gasteiger partial charge is 0.195 e. The average molecular weight is 231 g/mol. The minimum atomic E-state index is -0.979. The van der Waals surface area contributed by atoms with Crippen LogP contribution in [0.5, 0.6) is 0 Å². The van der Waals surface area contributed by atoms with Crippen molar-refractivity contribution < 1.29 is 4.21 Å². The van der Waals surface area contributed by atoms with Crippen LogP contribution >= 0.6 is 11.3 Å². The van der Waals surface area contributed by atoms with Crippen LogP contribution in [0.1, 0.15) is 17.5 Å². The third-order valence-corrected chi connectivity index (χ3v) is 4.15. The molecule has 0 saturated heterocycles. The standard InChI is InChI=1S/C8H13N3OS2/c1-2-14(12)11-8-10-6-3-4-9-5-7(6)13-8/h9H,2-5H2,1H3,(H,10,11). The number of aromatic nitrogens is 1. The van der Waals surface area contributed by atoms with Crippen LogP contribution in [0.4, 0.5) is 5.13 Å². The zero-order valence-electron chi connectivity index (χ0n) is 8.00. The fourth-order valence-electron chi connectivity index (χ4n) is 1.34. The molecule has 6 heteroatoms. The van der Waals surface area contributed by atoms with Crippen molar-refractivity contribution in [1.82, 2.24) is 10.3 Å². The minimum absolute atomic E-state index is 0.614. The molecule has 0 aliphatic carbocycles. The molecular formula is C8H13N3OS2. The number of nitrogens with one attached hydrogen (secondary N) is 2. The van der Waals surface area contributed by atoms with Gasteiger partial charge in [0.2, 0.25) is 0 Å². The molecule has 1 aromatic heterocycles. The Balaban J connectivity index is 2.12. The van der Waals surface area contributed by atoms with Gasteiger partial charge in [0.15, 0.2) is 5.13 Å². The topological polar surface area (TPSA) is 54.0 Å². The fourth-order valence-corrected chi connectivity index (χ4v) is 3.00. The number of anilines is 1. The Morgan fingerprint density at radius 1 is 1.71 bits per heavy atom. The van der Waals surface area contributed by atoms with E-state index in [1.54, 1.807) is 11.3 Å². The summed E-state index contributed by atoms with van der Waals surface area (Å²) in [6, 6.07) is 0. The number of fused-ring (bicyclic) bond motifs is 1. The molecule has 0 radical (unpaired) electrons. The van der Waals surface area contributed by atoms with Crippen LogP contribution in [0.25, 0.3) is 0 Å². The maximum atomic E-state index is 11.2. The predicted molar refractivity (Wildman–Crippen MR) is 59.8 cm³/mol. The Bertz CT molecular complexity index is 327. The monoisotopic (exact) mass is 231 g/mol. The molecule has 0 saturated carbocycles. The molecule has 2 N–H and O–H groups in total. The minimum Gasteiger partial charge on any atom is -0.311 e. The molecule has 0 fully saturated rings. The first-order valence-electron chi connectivity index (χ1n) is 4.64. The molecule has 0 spiro atoms. The SMILES string of the molecule is CCS(=O)Nc1nc2c(s1)CNCC2. The maximum Gasteiger partial charge on any atom is 0.195 e. The molecule has 1 atom stereocenters. The quantitative estimate of drug-likeness (QED) is 0.812. The number of hydrogen-bond donors (Lipinski definition) is 2. The van der Waals surface area contributed by atoms with Crippen LogP contribution in [0, 0.1) is 0 Å². The molecule has 0 aromatic carbocycles. The van der Waals surface area contributed by atoms with Crippen molar-refractivity contribution >= 4 is 27.5 Å². The Labute approximate surface area is 89.7 Å². The summed E-state index contributed by atoms with van der Waals surface area (Å²) in [6.07, 6.45) is 0.978. The van der Waals surface area contributed by atoms with Crippen molar-refractivity contribution in [2.45, 2.75) is 19.9 Å². The zero-order chi connectivity index (χ0) is 9.97. The molecular weight excluding hydrogens is 218 g/mol. The number of thiazole rings is 1. The van der Waals surface area contributed by atoms with E-state index in [1.165, 1.54) is 4.88 Å². The van der Waals surface area contributed by atoms with E-state index in [-0.39, 0.29) is 0 Å². The van der Waals surface area contributed by atoms with Gasteiger partial charge in [-0.15, -0.1) is 0 Å². The number of nitrogens with zero attached hydrogens (tertiary/aromatic N) is 1. The first-order valence-corrected chi connectivity index (χ1v) is 6.77. The molecule has 0 amide bonds. The highest BCUT2D eigenvalue weighted by Crippen LogP contribution is 2.25. The van der Waals surface area contributed by atoms with Crippen molar-refractivity contribution in [2.75, 3.05) is 17.0 Å². The van der Waals surface area contributed by atoms with E-state index in [0.29, 0.717) is 5.75 Å². The highest BCUT2D eigenvalue weighted by molar-refractivity contribution is 7.86. The van der Waals surface area contributed by atoms with Crippen molar-refractivity contribution in [1.29, 1.82) is 0 Å². The molecule has 1 aliphatic heterocycles. The highest BCUT2D eigenvalue weighted by Gasteiger charge is 2.14. The van der Waals surface area contributed by atoms with Crippen LogP contribution < -0.4 is 10.0 Å². The van der Waals surface area contributed by atoms with Crippen LogP contribution in [0.2, 0.25) is 0 Å². The van der Waals surface area contributed by atoms with Crippen LogP contribution in [-0.4, -0.2) is 21.5 Å². The van der Waals surface area contributed by atoms with Crippen LogP contribution in [0.15, 0.2) is 0 Å². The Hall–Kier alpha value is -0.460. The maximum absolute atomic E-state index is 11.2. The van der Waals surface area contributed by atoms with Gasteiger partial charge in [0.25, 0.3) is 0 Å². The molecule has 14 heavy (non-hydrogen) atoms. The van der Waals surface area contributed by atoms with E-state index in [4.69, 9.17) is 0 Å². The van der Waals surface area contributed by atoms with Gasteiger partial charge in [0, 0.05) is 30.1 Å². The summed E-state index contributed by atoms with van der Waals surface area (Å²) in [6.45, 7) is 3.78. The van der Waals surface area contributed by atoms with Gasteiger partial charge in [-0.1, -0.05) is 18.3 Å². The van der Waals surface area contributed by atoms with E-state index >= 15 is 0 Å². The molecule has 2 heterocycles. The van der Waals surface area contributed by atoms with Gasteiger partial charge >= 0.3 is 0 Å². The molecule has 1 unspecified atom stereocenters. The highest BCUT2D eigenvalue weighted by atomic mass is 32.2. The van der Waals surface area contributed by atoms with Crippen molar-refractivity contribution in [3.63, 3.8) is 0 Å². The molecule has 1 aromatic rings. The van der Waals surface area contributed by atoms with Crippen LogP contribution in [-0.2, 0) is 24.0 Å². The Morgan fingerprint density at radius 3 is 3.29 bits per heavy atom. The second-order valence-electron chi connectivity index (χ2n) is 3.05. The first-order chi connectivity index (χ1) is 6.79. The number of rotatable bonds is 3. The lowest BCUT2D eigenvalue weighted by molar-refractivity contribution is 0.644. The molecule has 1 aliphatic rings. The van der Waals surface area contributed by atoms with E-state index in [1.807, 2.05) is 6.92 Å². The van der Waals surface area contributed by atoms with Gasteiger partial charge in [0.1, 0.15) is 11.0 Å². The molecule has 2 rings (SSSR count).